The van der Waals surface area contributed by atoms with Gasteiger partial charge in [-0.3, -0.25) is 0 Å². The summed E-state index contributed by atoms with van der Waals surface area (Å²) in [6, 6.07) is 0. The highest BCUT2D eigenvalue weighted by molar-refractivity contribution is 4.82. The first-order chi connectivity index (χ1) is 3.98. The smallest absolute Gasteiger partial charge is 0.188 e. The van der Waals surface area contributed by atoms with Gasteiger partial charge >= 0.3 is 0 Å². The maximum Gasteiger partial charge on any atom is 0.188 e. The molecule has 9 heavy (non-hydrogen) atoms. The van der Waals surface area contributed by atoms with Crippen molar-refractivity contribution in [3.8, 4) is 0 Å². The average Bonchev–Trinajstić information content (AvgIpc) is 1.64. The minimum atomic E-state index is -1.70. The molecule has 3 heteroatoms. The highest BCUT2D eigenvalue weighted by atomic mass is 19.1. The third-order valence-electron chi connectivity index (χ3n) is 1.16. The Morgan fingerprint density at radius 1 is 1.78 bits per heavy atom. The van der Waals surface area contributed by atoms with Crippen LogP contribution in [0.15, 0.2) is 0 Å². The van der Waals surface area contributed by atoms with E-state index in [9.17, 15) is 8.78 Å². The molecule has 0 rings (SSSR count). The van der Waals surface area contributed by atoms with E-state index in [1.54, 1.807) is 0 Å². The Kier molecular flexibility index (Phi) is 3.04. The Labute approximate surface area is 54.0 Å². The molecule has 0 saturated carbocycles. The minimum absolute atomic E-state index is 0.789. The first kappa shape index (κ1) is 8.82. The predicted octanol–water partition coefficient (Wildman–Crippen LogP) is 1.88. The molecule has 1 radical (unpaired) electrons. The van der Waals surface area contributed by atoms with Crippen molar-refractivity contribution < 1.29 is 13.5 Å². The normalized spacial score (nSPS) is 15.7. The number of alkyl halides is 2. The zero-order valence-corrected chi connectivity index (χ0v) is 5.66. The molecule has 0 bridgehead atoms. The summed E-state index contributed by atoms with van der Waals surface area (Å²) < 4.78 is 28.2. The second-order valence-electron chi connectivity index (χ2n) is 2.20. The van der Waals surface area contributed by atoms with Crippen LogP contribution in [0.25, 0.3) is 0 Å². The van der Waals surface area contributed by atoms with Crippen LogP contribution in [0.5, 0.6) is 0 Å². The molecule has 0 heterocycles. The van der Waals surface area contributed by atoms with Gasteiger partial charge in [-0.1, -0.05) is 0 Å². The third kappa shape index (κ3) is 3.40. The molecule has 55 valence electrons. The quantitative estimate of drug-likeness (QED) is 0.577. The van der Waals surface area contributed by atoms with Gasteiger partial charge < -0.3 is 4.74 Å². The second kappa shape index (κ2) is 3.11. The van der Waals surface area contributed by atoms with Crippen molar-refractivity contribution in [2.75, 3.05) is 6.86 Å². The van der Waals surface area contributed by atoms with Gasteiger partial charge in [-0.25, -0.2) is 8.78 Å². The molecule has 0 aliphatic heterocycles. The fourth-order valence-electron chi connectivity index (χ4n) is 0.268. The highest BCUT2D eigenvalue weighted by Crippen LogP contribution is 2.16. The lowest BCUT2D eigenvalue weighted by Gasteiger charge is -2.21. The van der Waals surface area contributed by atoms with Gasteiger partial charge in [0.15, 0.2) is 6.86 Å². The Hall–Kier alpha value is -0.180. The molecule has 0 fully saturated rings. The van der Waals surface area contributed by atoms with Crippen LogP contribution in [0.4, 0.5) is 8.78 Å². The van der Waals surface area contributed by atoms with E-state index in [1.165, 1.54) is 13.8 Å². The van der Waals surface area contributed by atoms with E-state index in [4.69, 9.17) is 0 Å². The van der Waals surface area contributed by atoms with E-state index in [0.717, 1.165) is 0 Å². The molecule has 0 aliphatic carbocycles. The molecular weight excluding hydrogens is 126 g/mol. The lowest BCUT2D eigenvalue weighted by Crippen LogP contribution is -2.31. The van der Waals surface area contributed by atoms with Crippen molar-refractivity contribution in [3.63, 3.8) is 0 Å². The van der Waals surface area contributed by atoms with Gasteiger partial charge in [0.1, 0.15) is 5.67 Å². The summed E-state index contributed by atoms with van der Waals surface area (Å²) in [6.45, 7) is 4.85. The molecular formula is C6H11F2O. The molecule has 0 aromatic heterocycles. The van der Waals surface area contributed by atoms with Gasteiger partial charge in [-0.05, 0) is 20.8 Å². The largest absolute Gasteiger partial charge is 0.344 e. The molecule has 1 nitrogen and oxygen atoms in total. The summed E-state index contributed by atoms with van der Waals surface area (Å²) in [5.41, 5.74) is -1.70. The number of halogens is 2. The summed E-state index contributed by atoms with van der Waals surface area (Å²) in [7, 11) is 0. The van der Waals surface area contributed by atoms with Crippen molar-refractivity contribution in [3.05, 3.63) is 6.92 Å². The number of ether oxygens (including phenoxy) is 1. The first-order valence-electron chi connectivity index (χ1n) is 2.70. The molecule has 0 spiro atoms. The molecule has 0 N–H and O–H groups in total. The Bertz CT molecular complexity index is 77.6. The summed E-state index contributed by atoms with van der Waals surface area (Å²) in [5, 5.41) is 0. The third-order valence-corrected chi connectivity index (χ3v) is 1.16. The van der Waals surface area contributed by atoms with Crippen LogP contribution < -0.4 is 0 Å². The maximum atomic E-state index is 12.6. The number of hydrogen-bond donors (Lipinski definition) is 0. The van der Waals surface area contributed by atoms with Crippen LogP contribution in [0, 0.1) is 6.92 Å². The van der Waals surface area contributed by atoms with Crippen LogP contribution in [0.3, 0.4) is 0 Å². The van der Waals surface area contributed by atoms with Gasteiger partial charge in [0.2, 0.25) is 0 Å². The fraction of sp³-hybridized carbons (Fsp3) is 0.833. The minimum Gasteiger partial charge on any atom is -0.344 e. The van der Waals surface area contributed by atoms with Crippen molar-refractivity contribution >= 4 is 0 Å². The number of rotatable bonds is 3. The first-order valence-corrected chi connectivity index (χ1v) is 2.70. The van der Waals surface area contributed by atoms with E-state index in [0.29, 0.717) is 0 Å². The standard InChI is InChI=1S/C6H11F2O/c1-5(9-4-7)6(2,3)8/h5H,2,4H2,1,3H3. The lowest BCUT2D eigenvalue weighted by atomic mass is 10.1. The van der Waals surface area contributed by atoms with E-state index < -0.39 is 18.6 Å². The van der Waals surface area contributed by atoms with Gasteiger partial charge in [-0.15, -0.1) is 0 Å². The summed E-state index contributed by atoms with van der Waals surface area (Å²) >= 11 is 0. The molecule has 2 unspecified atom stereocenters. The lowest BCUT2D eigenvalue weighted by molar-refractivity contribution is -0.0561. The Morgan fingerprint density at radius 2 is 2.22 bits per heavy atom. The molecule has 0 aliphatic rings. The zero-order valence-electron chi connectivity index (χ0n) is 5.66. The van der Waals surface area contributed by atoms with E-state index in [-0.39, 0.29) is 0 Å². The van der Waals surface area contributed by atoms with Crippen molar-refractivity contribution in [2.45, 2.75) is 25.6 Å². The fourth-order valence-corrected chi connectivity index (χ4v) is 0.268. The SMILES string of the molecule is [CH2]C(C)(F)C(C)OCF. The molecule has 0 aromatic carbocycles. The molecule has 0 saturated heterocycles. The van der Waals surface area contributed by atoms with E-state index in [2.05, 4.69) is 11.7 Å². The van der Waals surface area contributed by atoms with E-state index >= 15 is 0 Å². The Morgan fingerprint density at radius 3 is 2.33 bits per heavy atom. The van der Waals surface area contributed by atoms with Crippen LogP contribution >= 0.6 is 0 Å². The summed E-state index contributed by atoms with van der Waals surface area (Å²) in [6.07, 6.45) is -0.789. The van der Waals surface area contributed by atoms with Crippen molar-refractivity contribution in [1.29, 1.82) is 0 Å². The van der Waals surface area contributed by atoms with Gasteiger partial charge in [-0.2, -0.15) is 0 Å². The maximum absolute atomic E-state index is 12.6. The van der Waals surface area contributed by atoms with Crippen molar-refractivity contribution in [2.24, 2.45) is 0 Å². The van der Waals surface area contributed by atoms with Crippen LogP contribution in [-0.2, 0) is 4.74 Å². The van der Waals surface area contributed by atoms with E-state index in [1.807, 2.05) is 0 Å². The van der Waals surface area contributed by atoms with Crippen LogP contribution in [-0.4, -0.2) is 18.6 Å². The highest BCUT2D eigenvalue weighted by Gasteiger charge is 2.25. The van der Waals surface area contributed by atoms with Gasteiger partial charge in [0, 0.05) is 0 Å². The van der Waals surface area contributed by atoms with Gasteiger partial charge in [0.05, 0.1) is 6.10 Å². The zero-order chi connectivity index (χ0) is 7.49. The summed E-state index contributed by atoms with van der Waals surface area (Å²) in [4.78, 5) is 0. The van der Waals surface area contributed by atoms with Gasteiger partial charge in [0.25, 0.3) is 0 Å². The molecule has 0 amide bonds. The average molecular weight is 137 g/mol. The predicted molar refractivity (Wildman–Crippen MR) is 31.4 cm³/mol. The number of hydrogen-bond acceptors (Lipinski definition) is 1. The van der Waals surface area contributed by atoms with Crippen LogP contribution in [0.1, 0.15) is 13.8 Å². The molecule has 0 aromatic rings. The summed E-state index contributed by atoms with van der Waals surface area (Å²) in [5.74, 6) is 0. The second-order valence-corrected chi connectivity index (χ2v) is 2.20. The molecule has 2 atom stereocenters. The Balaban J connectivity index is 3.59. The monoisotopic (exact) mass is 137 g/mol. The van der Waals surface area contributed by atoms with Crippen LogP contribution in [0.2, 0.25) is 0 Å². The topological polar surface area (TPSA) is 9.23 Å². The van der Waals surface area contributed by atoms with Crippen molar-refractivity contribution in [1.82, 2.24) is 0 Å².